The van der Waals surface area contributed by atoms with Crippen LogP contribution in [0.4, 0.5) is 5.69 Å². The van der Waals surface area contributed by atoms with E-state index in [1.54, 1.807) is 0 Å². The molecule has 0 radical (unpaired) electrons. The van der Waals surface area contributed by atoms with Crippen molar-refractivity contribution in [3.8, 4) is 0 Å². The first-order chi connectivity index (χ1) is 8.99. The zero-order valence-corrected chi connectivity index (χ0v) is 13.8. The summed E-state index contributed by atoms with van der Waals surface area (Å²) in [4.78, 5) is 23.3. The molecule has 1 aliphatic carbocycles. The fourth-order valence-electron chi connectivity index (χ4n) is 2.39. The van der Waals surface area contributed by atoms with Crippen LogP contribution in [0.1, 0.15) is 19.3 Å². The Morgan fingerprint density at radius 2 is 2.00 bits per heavy atom. The van der Waals surface area contributed by atoms with E-state index in [2.05, 4.69) is 43.8 Å². The van der Waals surface area contributed by atoms with Gasteiger partial charge in [0.2, 0.25) is 5.91 Å². The van der Waals surface area contributed by atoms with Crippen LogP contribution in [0.5, 0.6) is 0 Å². The summed E-state index contributed by atoms with van der Waals surface area (Å²) < 4.78 is 1.81. The van der Waals surface area contributed by atoms with E-state index < -0.39 is 17.8 Å². The van der Waals surface area contributed by atoms with Gasteiger partial charge in [-0.2, -0.15) is 0 Å². The highest BCUT2D eigenvalue weighted by Crippen LogP contribution is 2.33. The van der Waals surface area contributed by atoms with Gasteiger partial charge in [0.15, 0.2) is 0 Å². The van der Waals surface area contributed by atoms with Crippen molar-refractivity contribution in [2.24, 2.45) is 11.8 Å². The Labute approximate surface area is 133 Å². The van der Waals surface area contributed by atoms with Gasteiger partial charge in [-0.05, 0) is 53.6 Å². The summed E-state index contributed by atoms with van der Waals surface area (Å²) in [6.07, 6.45) is 2.03. The second-order valence-electron chi connectivity index (χ2n) is 4.60. The first-order valence-corrected chi connectivity index (χ1v) is 7.85. The van der Waals surface area contributed by atoms with Crippen LogP contribution >= 0.6 is 38.5 Å². The average Bonchev–Trinajstić information content (AvgIpc) is 2.83. The van der Waals surface area contributed by atoms with Gasteiger partial charge < -0.3 is 10.4 Å². The van der Waals surface area contributed by atoms with E-state index in [0.29, 0.717) is 12.8 Å². The molecule has 2 atom stereocenters. The highest BCUT2D eigenvalue weighted by Gasteiger charge is 2.37. The molecule has 2 N–H and O–H groups in total. The van der Waals surface area contributed by atoms with Gasteiger partial charge in [-0.25, -0.2) is 0 Å². The molecule has 1 aliphatic rings. The topological polar surface area (TPSA) is 66.4 Å². The van der Waals surface area contributed by atoms with Crippen LogP contribution in [-0.2, 0) is 9.59 Å². The fourth-order valence-corrected chi connectivity index (χ4v) is 3.22. The highest BCUT2D eigenvalue weighted by molar-refractivity contribution is 14.1. The Bertz CT molecular complexity index is 521. The predicted octanol–water partition coefficient (Wildman–Crippen LogP) is 3.49. The van der Waals surface area contributed by atoms with Gasteiger partial charge in [-0.1, -0.05) is 22.4 Å². The minimum Gasteiger partial charge on any atom is -0.481 e. The van der Waals surface area contributed by atoms with Crippen LogP contribution < -0.4 is 5.32 Å². The smallest absolute Gasteiger partial charge is 0.307 e. The molecule has 1 aromatic rings. The lowest BCUT2D eigenvalue weighted by Crippen LogP contribution is -2.30. The van der Waals surface area contributed by atoms with Gasteiger partial charge in [-0.3, -0.25) is 9.59 Å². The second kappa shape index (κ2) is 6.21. The van der Waals surface area contributed by atoms with Gasteiger partial charge in [0.1, 0.15) is 0 Å². The molecule has 1 aromatic carbocycles. The number of carboxylic acids is 1. The highest BCUT2D eigenvalue weighted by atomic mass is 127. The van der Waals surface area contributed by atoms with Gasteiger partial charge in [0.25, 0.3) is 0 Å². The third-order valence-electron chi connectivity index (χ3n) is 3.36. The number of amides is 1. The molecule has 0 bridgehead atoms. The number of carbonyl (C=O) groups is 2. The summed E-state index contributed by atoms with van der Waals surface area (Å²) in [7, 11) is 0. The molecule has 0 aromatic heterocycles. The van der Waals surface area contributed by atoms with Crippen molar-refractivity contribution in [1.29, 1.82) is 0 Å². The van der Waals surface area contributed by atoms with E-state index in [0.717, 1.165) is 20.2 Å². The summed E-state index contributed by atoms with van der Waals surface area (Å²) in [6, 6.07) is 5.61. The lowest BCUT2D eigenvalue weighted by molar-refractivity contribution is -0.145. The van der Waals surface area contributed by atoms with Crippen LogP contribution in [0.2, 0.25) is 0 Å². The fraction of sp³-hybridized carbons (Fsp3) is 0.385. The molecule has 0 aliphatic heterocycles. The lowest BCUT2D eigenvalue weighted by Gasteiger charge is -2.16. The molecule has 1 saturated carbocycles. The summed E-state index contributed by atoms with van der Waals surface area (Å²) >= 11 is 5.50. The van der Waals surface area contributed by atoms with Crippen LogP contribution in [0.15, 0.2) is 22.7 Å². The number of carboxylic acid groups (broad SMARTS) is 1. The third kappa shape index (κ3) is 3.47. The van der Waals surface area contributed by atoms with Crippen molar-refractivity contribution < 1.29 is 14.7 Å². The van der Waals surface area contributed by atoms with Gasteiger partial charge in [-0.15, -0.1) is 0 Å². The molecule has 0 saturated heterocycles. The first-order valence-electron chi connectivity index (χ1n) is 5.98. The molecular formula is C13H13BrINO3. The molecule has 1 fully saturated rings. The zero-order valence-electron chi connectivity index (χ0n) is 10.0. The number of benzene rings is 1. The summed E-state index contributed by atoms with van der Waals surface area (Å²) in [6.45, 7) is 0. The molecule has 6 heteroatoms. The minimum absolute atomic E-state index is 0.194. The molecule has 19 heavy (non-hydrogen) atoms. The Kier molecular flexibility index (Phi) is 4.83. The van der Waals surface area contributed by atoms with Crippen LogP contribution in [0, 0.1) is 15.4 Å². The average molecular weight is 438 g/mol. The van der Waals surface area contributed by atoms with Crippen LogP contribution in [-0.4, -0.2) is 17.0 Å². The molecular weight excluding hydrogens is 425 g/mol. The second-order valence-corrected chi connectivity index (χ2v) is 6.67. The number of halogens is 2. The first kappa shape index (κ1) is 14.8. The number of aliphatic carboxylic acids is 1. The van der Waals surface area contributed by atoms with Gasteiger partial charge in [0.05, 0.1) is 17.5 Å². The molecule has 1 amide bonds. The van der Waals surface area contributed by atoms with Crippen LogP contribution in [0.25, 0.3) is 0 Å². The number of anilines is 1. The van der Waals surface area contributed by atoms with E-state index in [1.807, 2.05) is 18.2 Å². The maximum atomic E-state index is 12.2. The van der Waals surface area contributed by atoms with Crippen molar-refractivity contribution in [3.05, 3.63) is 26.2 Å². The van der Waals surface area contributed by atoms with Crippen molar-refractivity contribution in [2.75, 3.05) is 5.32 Å². The monoisotopic (exact) mass is 437 g/mol. The van der Waals surface area contributed by atoms with Crippen molar-refractivity contribution >= 4 is 56.1 Å². The third-order valence-corrected chi connectivity index (χ3v) is 4.79. The van der Waals surface area contributed by atoms with E-state index in [4.69, 9.17) is 5.11 Å². The van der Waals surface area contributed by atoms with Crippen LogP contribution in [0.3, 0.4) is 0 Å². The number of carbonyl (C=O) groups excluding carboxylic acids is 1. The summed E-state index contributed by atoms with van der Waals surface area (Å²) in [5, 5.41) is 11.9. The molecule has 4 nitrogen and oxygen atoms in total. The van der Waals surface area contributed by atoms with E-state index >= 15 is 0 Å². The largest absolute Gasteiger partial charge is 0.481 e. The Hall–Kier alpha value is -0.630. The quantitative estimate of drug-likeness (QED) is 0.711. The minimum atomic E-state index is -0.874. The Morgan fingerprint density at radius 3 is 2.68 bits per heavy atom. The molecule has 102 valence electrons. The normalized spacial score (nSPS) is 22.2. The number of nitrogens with one attached hydrogen (secondary N) is 1. The maximum Gasteiger partial charge on any atom is 0.307 e. The zero-order chi connectivity index (χ0) is 14.0. The van der Waals surface area contributed by atoms with Crippen molar-refractivity contribution in [1.82, 2.24) is 0 Å². The molecule has 2 rings (SSSR count). The molecule has 0 spiro atoms. The van der Waals surface area contributed by atoms with Crippen molar-refractivity contribution in [3.63, 3.8) is 0 Å². The number of hydrogen-bond acceptors (Lipinski definition) is 2. The lowest BCUT2D eigenvalue weighted by atomic mass is 9.95. The van der Waals surface area contributed by atoms with E-state index in [9.17, 15) is 9.59 Å². The molecule has 0 heterocycles. The number of hydrogen-bond donors (Lipinski definition) is 2. The Morgan fingerprint density at radius 1 is 1.32 bits per heavy atom. The Balaban J connectivity index is 2.12. The predicted molar refractivity (Wildman–Crippen MR) is 84.0 cm³/mol. The summed E-state index contributed by atoms with van der Waals surface area (Å²) in [5.41, 5.74) is 0.719. The number of rotatable bonds is 3. The van der Waals surface area contributed by atoms with Crippen molar-refractivity contribution in [2.45, 2.75) is 19.3 Å². The SMILES string of the molecule is O=C(O)[C@H]1CCC[C@H]1C(=O)Nc1cc(Br)ccc1I. The van der Waals surface area contributed by atoms with Gasteiger partial charge in [0, 0.05) is 8.04 Å². The van der Waals surface area contributed by atoms with E-state index in [1.165, 1.54) is 0 Å². The maximum absolute atomic E-state index is 12.2. The standard InChI is InChI=1S/C13H13BrINO3/c14-7-4-5-10(15)11(6-7)16-12(17)8-2-1-3-9(8)13(18)19/h4-6,8-9H,1-3H2,(H,16,17)(H,18,19)/t8-,9+/m1/s1. The summed E-state index contributed by atoms with van der Waals surface area (Å²) in [5.74, 6) is -2.04. The van der Waals surface area contributed by atoms with Gasteiger partial charge >= 0.3 is 5.97 Å². The van der Waals surface area contributed by atoms with E-state index in [-0.39, 0.29) is 5.91 Å². The molecule has 0 unspecified atom stereocenters.